The predicted octanol–water partition coefficient (Wildman–Crippen LogP) is -0.364. The van der Waals surface area contributed by atoms with Crippen molar-refractivity contribution in [2.75, 3.05) is 13.3 Å². The number of hydrogen-bond acceptors (Lipinski definition) is 4. The molecule has 0 amide bonds. The van der Waals surface area contributed by atoms with Gasteiger partial charge in [0.2, 0.25) is 10.0 Å². The molecule has 1 fully saturated rings. The summed E-state index contributed by atoms with van der Waals surface area (Å²) in [6, 6.07) is 0. The smallest absolute Gasteiger partial charge is 0.251 e. The van der Waals surface area contributed by atoms with Crippen LogP contribution >= 0.6 is 0 Å². The van der Waals surface area contributed by atoms with Crippen molar-refractivity contribution in [1.29, 1.82) is 0 Å². The third-order valence-electron chi connectivity index (χ3n) is 1.42. The fourth-order valence-electron chi connectivity index (χ4n) is 0.452. The Morgan fingerprint density at radius 2 is 2.00 bits per heavy atom. The van der Waals surface area contributed by atoms with E-state index in [1.807, 2.05) is 0 Å². The molecule has 0 bridgehead atoms. The van der Waals surface area contributed by atoms with Crippen molar-refractivity contribution in [2.24, 2.45) is 0 Å². The lowest BCUT2D eigenvalue weighted by Gasteiger charge is -2.11. The Labute approximate surface area is 74.5 Å². The zero-order chi connectivity index (χ0) is 9.35. The fraction of sp³-hybridized carbons (Fsp3) is 1.00. The SMILES string of the molecule is CN(S(=O)OC1CC1)S(C)(=O)=O. The van der Waals surface area contributed by atoms with Crippen molar-refractivity contribution in [3.05, 3.63) is 0 Å². The van der Waals surface area contributed by atoms with Gasteiger partial charge in [0.25, 0.3) is 11.3 Å². The summed E-state index contributed by atoms with van der Waals surface area (Å²) in [6.07, 6.45) is 2.70. The van der Waals surface area contributed by atoms with Crippen molar-refractivity contribution in [2.45, 2.75) is 18.9 Å². The van der Waals surface area contributed by atoms with Gasteiger partial charge in [0.1, 0.15) is 0 Å². The van der Waals surface area contributed by atoms with Crippen LogP contribution in [0.3, 0.4) is 0 Å². The molecule has 0 aromatic rings. The third-order valence-corrected chi connectivity index (χ3v) is 4.39. The van der Waals surface area contributed by atoms with E-state index >= 15 is 0 Å². The van der Waals surface area contributed by atoms with Gasteiger partial charge < -0.3 is 0 Å². The molecule has 0 spiro atoms. The molecule has 0 aromatic heterocycles. The standard InChI is InChI=1S/C5H11NO4S2/c1-6(12(2,8)9)11(7)10-5-3-4-5/h5H,3-4H2,1-2H3. The summed E-state index contributed by atoms with van der Waals surface area (Å²) in [7, 11) is -2.18. The largest absolute Gasteiger partial charge is 0.274 e. The predicted molar refractivity (Wildman–Crippen MR) is 44.9 cm³/mol. The molecule has 0 heterocycles. The van der Waals surface area contributed by atoms with Crippen LogP contribution in [0.15, 0.2) is 0 Å². The lowest BCUT2D eigenvalue weighted by molar-refractivity contribution is 0.319. The molecule has 12 heavy (non-hydrogen) atoms. The highest BCUT2D eigenvalue weighted by Crippen LogP contribution is 2.25. The van der Waals surface area contributed by atoms with Gasteiger partial charge in [-0.3, -0.25) is 4.18 Å². The molecule has 72 valence electrons. The van der Waals surface area contributed by atoms with Crippen molar-refractivity contribution in [1.82, 2.24) is 3.71 Å². The van der Waals surface area contributed by atoms with Crippen molar-refractivity contribution in [3.63, 3.8) is 0 Å². The summed E-state index contributed by atoms with van der Waals surface area (Å²) < 4.78 is 38.3. The van der Waals surface area contributed by atoms with E-state index in [2.05, 4.69) is 0 Å². The van der Waals surface area contributed by atoms with E-state index in [9.17, 15) is 12.6 Å². The molecule has 0 radical (unpaired) electrons. The molecule has 0 saturated heterocycles. The van der Waals surface area contributed by atoms with Gasteiger partial charge >= 0.3 is 0 Å². The molecular formula is C5H11NO4S2. The van der Waals surface area contributed by atoms with E-state index in [1.165, 1.54) is 7.05 Å². The average Bonchev–Trinajstić information content (AvgIpc) is 2.68. The van der Waals surface area contributed by atoms with E-state index < -0.39 is 21.3 Å². The quantitative estimate of drug-likeness (QED) is 0.639. The Morgan fingerprint density at radius 1 is 1.50 bits per heavy atom. The first-order valence-corrected chi connectivity index (χ1v) is 6.32. The third kappa shape index (κ3) is 2.81. The maximum absolute atomic E-state index is 11.1. The summed E-state index contributed by atoms with van der Waals surface area (Å²) in [5.74, 6) is 0. The molecule has 7 heteroatoms. The maximum Gasteiger partial charge on any atom is 0.251 e. The fourth-order valence-corrected chi connectivity index (χ4v) is 1.99. The van der Waals surface area contributed by atoms with Gasteiger partial charge in [0.15, 0.2) is 0 Å². The molecular weight excluding hydrogens is 202 g/mol. The van der Waals surface area contributed by atoms with Crippen LogP contribution in [-0.2, 0) is 25.5 Å². The van der Waals surface area contributed by atoms with Crippen LogP contribution in [0.25, 0.3) is 0 Å². The molecule has 0 aromatic carbocycles. The Kier molecular flexibility index (Phi) is 2.87. The van der Waals surface area contributed by atoms with Crippen LogP contribution < -0.4 is 0 Å². The van der Waals surface area contributed by atoms with E-state index in [-0.39, 0.29) is 6.10 Å². The topological polar surface area (TPSA) is 63.7 Å². The Bertz CT molecular complexity index is 282. The van der Waals surface area contributed by atoms with Crippen LogP contribution in [0.5, 0.6) is 0 Å². The number of rotatable bonds is 4. The summed E-state index contributed by atoms with van der Waals surface area (Å²) in [5, 5.41) is 0. The van der Waals surface area contributed by atoms with Crippen molar-refractivity contribution < 1.29 is 16.8 Å². The second-order valence-corrected chi connectivity index (χ2v) is 6.10. The number of sulfonamides is 1. The second-order valence-electron chi connectivity index (χ2n) is 2.69. The Hall–Kier alpha value is 0.0200. The molecule has 5 nitrogen and oxygen atoms in total. The molecule has 1 atom stereocenters. The van der Waals surface area contributed by atoms with E-state index in [0.29, 0.717) is 3.71 Å². The highest BCUT2D eigenvalue weighted by atomic mass is 32.3. The van der Waals surface area contributed by atoms with Gasteiger partial charge in [-0.25, -0.2) is 12.6 Å². The van der Waals surface area contributed by atoms with Crippen molar-refractivity contribution >= 4 is 21.3 Å². The molecule has 0 N–H and O–H groups in total. The van der Waals surface area contributed by atoms with Gasteiger partial charge in [-0.1, -0.05) is 3.71 Å². The van der Waals surface area contributed by atoms with Gasteiger partial charge in [-0.2, -0.15) is 0 Å². The first-order valence-electron chi connectivity index (χ1n) is 3.44. The molecule has 1 unspecified atom stereocenters. The van der Waals surface area contributed by atoms with Crippen LogP contribution in [-0.4, -0.2) is 35.7 Å². The highest BCUT2D eigenvalue weighted by Gasteiger charge is 2.29. The van der Waals surface area contributed by atoms with Crippen molar-refractivity contribution in [3.8, 4) is 0 Å². The molecule has 1 saturated carbocycles. The average molecular weight is 213 g/mol. The molecule has 1 aliphatic carbocycles. The van der Waals surface area contributed by atoms with Crippen LogP contribution in [0, 0.1) is 0 Å². The van der Waals surface area contributed by atoms with Gasteiger partial charge in [-0.15, -0.1) is 0 Å². The zero-order valence-corrected chi connectivity index (χ0v) is 8.52. The lowest BCUT2D eigenvalue weighted by Crippen LogP contribution is -2.29. The van der Waals surface area contributed by atoms with Crippen LogP contribution in [0.2, 0.25) is 0 Å². The summed E-state index contributed by atoms with van der Waals surface area (Å²) in [6.45, 7) is 0. The number of nitrogens with zero attached hydrogens (tertiary/aromatic N) is 1. The summed E-state index contributed by atoms with van der Waals surface area (Å²) in [4.78, 5) is 0. The normalized spacial score (nSPS) is 21.2. The zero-order valence-electron chi connectivity index (χ0n) is 6.89. The van der Waals surface area contributed by atoms with E-state index in [1.54, 1.807) is 0 Å². The maximum atomic E-state index is 11.1. The summed E-state index contributed by atoms with van der Waals surface area (Å²) >= 11 is -1.86. The molecule has 1 rings (SSSR count). The summed E-state index contributed by atoms with van der Waals surface area (Å²) in [5.41, 5.74) is 0. The van der Waals surface area contributed by atoms with Crippen LogP contribution in [0.4, 0.5) is 0 Å². The van der Waals surface area contributed by atoms with Gasteiger partial charge in [-0.05, 0) is 12.8 Å². The minimum absolute atomic E-state index is 0.0185. The second kappa shape index (κ2) is 3.41. The van der Waals surface area contributed by atoms with E-state index in [4.69, 9.17) is 4.18 Å². The van der Waals surface area contributed by atoms with Gasteiger partial charge in [0, 0.05) is 7.05 Å². The Morgan fingerprint density at radius 3 is 2.33 bits per heavy atom. The minimum Gasteiger partial charge on any atom is -0.274 e. The molecule has 0 aliphatic heterocycles. The first kappa shape index (κ1) is 10.1. The lowest BCUT2D eigenvalue weighted by atomic mass is 10.9. The first-order chi connectivity index (χ1) is 5.41. The number of hydrogen-bond donors (Lipinski definition) is 0. The van der Waals surface area contributed by atoms with Crippen LogP contribution in [0.1, 0.15) is 12.8 Å². The highest BCUT2D eigenvalue weighted by molar-refractivity contribution is 7.99. The molecule has 1 aliphatic rings. The van der Waals surface area contributed by atoms with Gasteiger partial charge in [0.05, 0.1) is 12.4 Å². The van der Waals surface area contributed by atoms with E-state index in [0.717, 1.165) is 19.1 Å². The monoisotopic (exact) mass is 213 g/mol. The minimum atomic E-state index is -3.41. The Balaban J connectivity index is 2.51.